The highest BCUT2D eigenvalue weighted by Gasteiger charge is 2.22. The Kier molecular flexibility index (Phi) is 5.02. The molecule has 1 aliphatic rings. The molecule has 1 unspecified atom stereocenters. The normalized spacial score (nSPS) is 19.6. The van der Waals surface area contributed by atoms with Crippen molar-refractivity contribution in [3.63, 3.8) is 0 Å². The fourth-order valence-electron chi connectivity index (χ4n) is 2.94. The molecule has 108 valence electrons. The number of rotatable bonds is 5. The van der Waals surface area contributed by atoms with Gasteiger partial charge in [-0.2, -0.15) is 0 Å². The zero-order valence-electron chi connectivity index (χ0n) is 13.0. The average molecular weight is 270 g/mol. The van der Waals surface area contributed by atoms with Crippen molar-refractivity contribution >= 4 is 5.57 Å². The van der Waals surface area contributed by atoms with E-state index in [9.17, 15) is 0 Å². The maximum Gasteiger partial charge on any atom is 0.0296 e. The van der Waals surface area contributed by atoms with Crippen LogP contribution in [0.3, 0.4) is 0 Å². The topological polar surface area (TPSA) is 6.48 Å². The van der Waals surface area contributed by atoms with Gasteiger partial charge in [0.25, 0.3) is 0 Å². The molecule has 1 atom stereocenters. The van der Waals surface area contributed by atoms with Gasteiger partial charge in [-0.05, 0) is 32.0 Å². The highest BCUT2D eigenvalue weighted by atomic mass is 15.2. The fourth-order valence-corrected chi connectivity index (χ4v) is 2.94. The summed E-state index contributed by atoms with van der Waals surface area (Å²) in [6.07, 6.45) is 2.41. The standard InChI is InChI=1S/C18H26N2/c1-5-20(6-2)15(3)17-12-18(14-19(4)13-17)16-10-8-7-9-11-16/h7-12,17H,3,5-6,13-14H2,1-2,4H3. The third-order valence-electron chi connectivity index (χ3n) is 4.09. The van der Waals surface area contributed by atoms with Crippen LogP contribution in [-0.4, -0.2) is 43.0 Å². The van der Waals surface area contributed by atoms with E-state index in [1.807, 2.05) is 0 Å². The van der Waals surface area contributed by atoms with Gasteiger partial charge in [-0.15, -0.1) is 0 Å². The SMILES string of the molecule is C=C(C1C=C(c2ccccc2)CN(C)C1)N(CC)CC. The van der Waals surface area contributed by atoms with Gasteiger partial charge in [0.1, 0.15) is 0 Å². The van der Waals surface area contributed by atoms with Crippen molar-refractivity contribution in [3.05, 3.63) is 54.2 Å². The minimum atomic E-state index is 0.420. The van der Waals surface area contributed by atoms with Crippen LogP contribution < -0.4 is 0 Å². The molecule has 2 heteroatoms. The quantitative estimate of drug-likeness (QED) is 0.808. The summed E-state index contributed by atoms with van der Waals surface area (Å²) in [5.74, 6) is 0.420. The van der Waals surface area contributed by atoms with Gasteiger partial charge in [0.2, 0.25) is 0 Å². The minimum absolute atomic E-state index is 0.420. The summed E-state index contributed by atoms with van der Waals surface area (Å²) in [7, 11) is 2.19. The first-order valence-corrected chi connectivity index (χ1v) is 7.54. The zero-order valence-corrected chi connectivity index (χ0v) is 13.0. The molecule has 0 aliphatic carbocycles. The van der Waals surface area contributed by atoms with Crippen LogP contribution in [0.4, 0.5) is 0 Å². The fraction of sp³-hybridized carbons (Fsp3) is 0.444. The van der Waals surface area contributed by atoms with Crippen LogP contribution in [0, 0.1) is 5.92 Å². The van der Waals surface area contributed by atoms with Crippen molar-refractivity contribution in [1.29, 1.82) is 0 Å². The van der Waals surface area contributed by atoms with Crippen LogP contribution in [-0.2, 0) is 0 Å². The van der Waals surface area contributed by atoms with Gasteiger partial charge in [-0.1, -0.05) is 43.0 Å². The van der Waals surface area contributed by atoms with Crippen LogP contribution in [0.5, 0.6) is 0 Å². The molecule has 2 rings (SSSR count). The highest BCUT2D eigenvalue weighted by molar-refractivity contribution is 5.68. The van der Waals surface area contributed by atoms with Gasteiger partial charge in [0, 0.05) is 37.8 Å². The molecular formula is C18H26N2. The van der Waals surface area contributed by atoms with Gasteiger partial charge < -0.3 is 9.80 Å². The number of nitrogens with zero attached hydrogens (tertiary/aromatic N) is 2. The predicted octanol–water partition coefficient (Wildman–Crippen LogP) is 3.49. The van der Waals surface area contributed by atoms with Crippen molar-refractivity contribution in [3.8, 4) is 0 Å². The van der Waals surface area contributed by atoms with Gasteiger partial charge in [0.05, 0.1) is 0 Å². The molecule has 0 saturated heterocycles. The molecule has 1 aromatic rings. The Morgan fingerprint density at radius 1 is 1.25 bits per heavy atom. The Labute approximate surface area is 123 Å². The first-order valence-electron chi connectivity index (χ1n) is 7.54. The maximum atomic E-state index is 4.34. The smallest absolute Gasteiger partial charge is 0.0296 e. The van der Waals surface area contributed by atoms with Gasteiger partial charge in [0.15, 0.2) is 0 Å². The minimum Gasteiger partial charge on any atom is -0.375 e. The largest absolute Gasteiger partial charge is 0.375 e. The second kappa shape index (κ2) is 6.76. The average Bonchev–Trinajstić information content (AvgIpc) is 2.48. The Morgan fingerprint density at radius 2 is 1.90 bits per heavy atom. The molecule has 0 spiro atoms. The molecule has 20 heavy (non-hydrogen) atoms. The summed E-state index contributed by atoms with van der Waals surface area (Å²) >= 11 is 0. The van der Waals surface area contributed by atoms with E-state index in [1.165, 1.54) is 16.8 Å². The molecule has 0 radical (unpaired) electrons. The molecule has 0 amide bonds. The van der Waals surface area contributed by atoms with E-state index in [-0.39, 0.29) is 0 Å². The molecule has 0 bridgehead atoms. The number of hydrogen-bond donors (Lipinski definition) is 0. The summed E-state index contributed by atoms with van der Waals surface area (Å²) in [5, 5.41) is 0. The Hall–Kier alpha value is -1.54. The number of benzene rings is 1. The lowest BCUT2D eigenvalue weighted by Crippen LogP contribution is -2.36. The molecule has 1 aliphatic heterocycles. The Balaban J connectivity index is 2.24. The second-order valence-electron chi connectivity index (χ2n) is 5.52. The molecule has 0 N–H and O–H groups in total. The lowest BCUT2D eigenvalue weighted by atomic mass is 9.93. The Bertz CT molecular complexity index is 471. The van der Waals surface area contributed by atoms with E-state index in [4.69, 9.17) is 0 Å². The van der Waals surface area contributed by atoms with E-state index < -0.39 is 0 Å². The molecule has 0 aromatic heterocycles. The summed E-state index contributed by atoms with van der Waals surface area (Å²) in [6, 6.07) is 10.7. The van der Waals surface area contributed by atoms with E-state index in [0.717, 1.165) is 26.2 Å². The Morgan fingerprint density at radius 3 is 2.50 bits per heavy atom. The number of likely N-dealkylation sites (N-methyl/N-ethyl adjacent to an activating group) is 1. The summed E-state index contributed by atoms with van der Waals surface area (Å²) in [5.41, 5.74) is 3.99. The van der Waals surface area contributed by atoms with Crippen LogP contribution in [0.1, 0.15) is 19.4 Å². The zero-order chi connectivity index (χ0) is 14.5. The molecule has 0 saturated carbocycles. The molecule has 1 heterocycles. The van der Waals surface area contributed by atoms with Crippen molar-refractivity contribution in [2.24, 2.45) is 5.92 Å². The molecular weight excluding hydrogens is 244 g/mol. The van der Waals surface area contributed by atoms with Crippen LogP contribution >= 0.6 is 0 Å². The van der Waals surface area contributed by atoms with E-state index in [2.05, 4.69) is 73.7 Å². The van der Waals surface area contributed by atoms with Crippen molar-refractivity contribution in [1.82, 2.24) is 9.80 Å². The predicted molar refractivity (Wildman–Crippen MR) is 87.5 cm³/mol. The first-order chi connectivity index (χ1) is 9.65. The van der Waals surface area contributed by atoms with Crippen molar-refractivity contribution < 1.29 is 0 Å². The van der Waals surface area contributed by atoms with Gasteiger partial charge >= 0.3 is 0 Å². The third kappa shape index (κ3) is 3.31. The highest BCUT2D eigenvalue weighted by Crippen LogP contribution is 2.27. The van der Waals surface area contributed by atoms with Crippen LogP contribution in [0.25, 0.3) is 5.57 Å². The van der Waals surface area contributed by atoms with Crippen LogP contribution in [0.2, 0.25) is 0 Å². The van der Waals surface area contributed by atoms with E-state index in [1.54, 1.807) is 0 Å². The molecule has 1 aromatic carbocycles. The van der Waals surface area contributed by atoms with Gasteiger partial charge in [-0.25, -0.2) is 0 Å². The maximum absolute atomic E-state index is 4.34. The van der Waals surface area contributed by atoms with E-state index in [0.29, 0.717) is 5.92 Å². The van der Waals surface area contributed by atoms with Crippen LogP contribution in [0.15, 0.2) is 48.7 Å². The molecule has 2 nitrogen and oxygen atoms in total. The van der Waals surface area contributed by atoms with Gasteiger partial charge in [-0.3, -0.25) is 0 Å². The lowest BCUT2D eigenvalue weighted by molar-refractivity contribution is 0.285. The summed E-state index contributed by atoms with van der Waals surface area (Å²) < 4.78 is 0. The second-order valence-corrected chi connectivity index (χ2v) is 5.52. The summed E-state index contributed by atoms with van der Waals surface area (Å²) in [4.78, 5) is 4.75. The summed E-state index contributed by atoms with van der Waals surface area (Å²) in [6.45, 7) is 12.9. The van der Waals surface area contributed by atoms with Crippen molar-refractivity contribution in [2.45, 2.75) is 13.8 Å². The van der Waals surface area contributed by atoms with Crippen molar-refractivity contribution in [2.75, 3.05) is 33.2 Å². The lowest BCUT2D eigenvalue weighted by Gasteiger charge is -2.35. The third-order valence-corrected chi connectivity index (χ3v) is 4.09. The first kappa shape index (κ1) is 14.9. The molecule has 0 fully saturated rings. The van der Waals surface area contributed by atoms with E-state index >= 15 is 0 Å². The number of hydrogen-bond acceptors (Lipinski definition) is 2. The monoisotopic (exact) mass is 270 g/mol.